The summed E-state index contributed by atoms with van der Waals surface area (Å²) >= 11 is 0. The first-order valence-corrected chi connectivity index (χ1v) is 10.5. The highest BCUT2D eigenvalue weighted by Crippen LogP contribution is 2.36. The molecule has 0 bridgehead atoms. The van der Waals surface area contributed by atoms with E-state index in [2.05, 4.69) is 20.3 Å². The fourth-order valence-electron chi connectivity index (χ4n) is 4.09. The molecule has 0 spiro atoms. The monoisotopic (exact) mass is 446 g/mol. The summed E-state index contributed by atoms with van der Waals surface area (Å²) in [4.78, 5) is 13.5. The van der Waals surface area contributed by atoms with Crippen molar-refractivity contribution in [1.82, 2.24) is 15.0 Å². The molecular weight excluding hydrogens is 421 g/mol. The lowest BCUT2D eigenvalue weighted by Crippen LogP contribution is -2.16. The second-order valence-electron chi connectivity index (χ2n) is 7.88. The molecule has 1 saturated heterocycles. The Balaban J connectivity index is 1.76. The standard InChI is InChI=1S/C23H25F3N4O2/c1-12(15-5-4-6-16(19(15)24)20(25)26)27-21-18-11-17(14-7-9-32-10-8-14)23(31-3)30-22(18)29-13(2)28-21/h4-6,11-12,14,20H,7-10H2,1-3H3,(H,27,28,29,30)/t12-/m1/s1. The van der Waals surface area contributed by atoms with Crippen LogP contribution < -0.4 is 10.1 Å². The highest BCUT2D eigenvalue weighted by molar-refractivity contribution is 5.88. The minimum atomic E-state index is -2.89. The first-order valence-electron chi connectivity index (χ1n) is 10.5. The number of rotatable bonds is 6. The summed E-state index contributed by atoms with van der Waals surface area (Å²) in [6.07, 6.45) is -1.19. The molecule has 9 heteroatoms. The smallest absolute Gasteiger partial charge is 0.266 e. The lowest BCUT2D eigenvalue weighted by molar-refractivity contribution is 0.0847. The van der Waals surface area contributed by atoms with Crippen LogP contribution in [0, 0.1) is 12.7 Å². The van der Waals surface area contributed by atoms with Crippen LogP contribution in [-0.4, -0.2) is 35.3 Å². The Morgan fingerprint density at radius 2 is 1.84 bits per heavy atom. The van der Waals surface area contributed by atoms with Crippen LogP contribution in [0.4, 0.5) is 19.0 Å². The number of fused-ring (bicyclic) bond motifs is 1. The molecule has 0 amide bonds. The number of nitrogens with one attached hydrogen (secondary N) is 1. The molecule has 2 aromatic heterocycles. The van der Waals surface area contributed by atoms with E-state index in [1.165, 1.54) is 12.1 Å². The van der Waals surface area contributed by atoms with Gasteiger partial charge in [-0.25, -0.2) is 23.1 Å². The van der Waals surface area contributed by atoms with Gasteiger partial charge in [-0.2, -0.15) is 4.98 Å². The molecule has 1 aliphatic rings. The molecule has 0 saturated carbocycles. The van der Waals surface area contributed by atoms with Gasteiger partial charge in [0.1, 0.15) is 17.5 Å². The van der Waals surface area contributed by atoms with Crippen molar-refractivity contribution in [2.45, 2.75) is 45.1 Å². The predicted molar refractivity (Wildman–Crippen MR) is 115 cm³/mol. The quantitative estimate of drug-likeness (QED) is 0.540. The number of ether oxygens (including phenoxy) is 2. The number of pyridine rings is 1. The van der Waals surface area contributed by atoms with Crippen LogP contribution in [0.2, 0.25) is 0 Å². The molecule has 1 N–H and O–H groups in total. The van der Waals surface area contributed by atoms with E-state index in [1.54, 1.807) is 21.0 Å². The molecule has 1 atom stereocenters. The molecular formula is C23H25F3N4O2. The molecule has 1 aromatic carbocycles. The van der Waals surface area contributed by atoms with Gasteiger partial charge in [-0.1, -0.05) is 18.2 Å². The van der Waals surface area contributed by atoms with Crippen LogP contribution in [0.5, 0.6) is 5.88 Å². The zero-order valence-electron chi connectivity index (χ0n) is 18.2. The maximum atomic E-state index is 14.7. The molecule has 0 unspecified atom stereocenters. The van der Waals surface area contributed by atoms with Crippen molar-refractivity contribution >= 4 is 16.9 Å². The fourth-order valence-corrected chi connectivity index (χ4v) is 4.09. The zero-order chi connectivity index (χ0) is 22.8. The van der Waals surface area contributed by atoms with Gasteiger partial charge >= 0.3 is 0 Å². The van der Waals surface area contributed by atoms with Crippen molar-refractivity contribution in [3.05, 3.63) is 52.6 Å². The van der Waals surface area contributed by atoms with Gasteiger partial charge in [0.25, 0.3) is 6.43 Å². The number of aryl methyl sites for hydroxylation is 1. The average molecular weight is 446 g/mol. The van der Waals surface area contributed by atoms with Crippen molar-refractivity contribution in [2.75, 3.05) is 25.6 Å². The maximum Gasteiger partial charge on any atom is 0.266 e. The van der Waals surface area contributed by atoms with E-state index >= 15 is 0 Å². The van der Waals surface area contributed by atoms with Gasteiger partial charge in [0, 0.05) is 24.3 Å². The summed E-state index contributed by atoms with van der Waals surface area (Å²) in [6, 6.07) is 5.36. The van der Waals surface area contributed by atoms with E-state index in [9.17, 15) is 13.2 Å². The number of nitrogens with zero attached hydrogens (tertiary/aromatic N) is 3. The van der Waals surface area contributed by atoms with E-state index in [0.717, 1.165) is 24.5 Å². The highest BCUT2D eigenvalue weighted by Gasteiger charge is 2.24. The van der Waals surface area contributed by atoms with Crippen molar-refractivity contribution in [3.63, 3.8) is 0 Å². The Kier molecular flexibility index (Phi) is 6.45. The number of anilines is 1. The highest BCUT2D eigenvalue weighted by atomic mass is 19.3. The summed E-state index contributed by atoms with van der Waals surface area (Å²) in [5.41, 5.74) is 0.908. The third-order valence-corrected chi connectivity index (χ3v) is 5.76. The molecule has 0 aliphatic carbocycles. The number of benzene rings is 1. The summed E-state index contributed by atoms with van der Waals surface area (Å²) in [5, 5.41) is 3.84. The molecule has 6 nitrogen and oxygen atoms in total. The van der Waals surface area contributed by atoms with E-state index in [1.807, 2.05) is 6.07 Å². The molecule has 1 aliphatic heterocycles. The van der Waals surface area contributed by atoms with Gasteiger partial charge in [-0.05, 0) is 38.7 Å². The lowest BCUT2D eigenvalue weighted by atomic mass is 9.92. The molecule has 170 valence electrons. The summed E-state index contributed by atoms with van der Waals surface area (Å²) in [7, 11) is 1.57. The van der Waals surface area contributed by atoms with Gasteiger partial charge < -0.3 is 14.8 Å². The maximum absolute atomic E-state index is 14.7. The normalized spacial score (nSPS) is 15.8. The van der Waals surface area contributed by atoms with Crippen molar-refractivity contribution in [1.29, 1.82) is 0 Å². The summed E-state index contributed by atoms with van der Waals surface area (Å²) in [6.45, 7) is 4.76. The van der Waals surface area contributed by atoms with E-state index in [-0.39, 0.29) is 11.5 Å². The lowest BCUT2D eigenvalue weighted by Gasteiger charge is -2.24. The van der Waals surface area contributed by atoms with Gasteiger partial charge in [-0.3, -0.25) is 0 Å². The Labute approximate surface area is 184 Å². The molecule has 0 radical (unpaired) electrons. The van der Waals surface area contributed by atoms with Crippen LogP contribution in [0.25, 0.3) is 11.0 Å². The first kappa shape index (κ1) is 22.3. The second kappa shape index (κ2) is 9.28. The molecule has 1 fully saturated rings. The molecule has 3 aromatic rings. The Morgan fingerprint density at radius 1 is 1.12 bits per heavy atom. The number of halogens is 3. The van der Waals surface area contributed by atoms with Crippen molar-refractivity contribution in [2.24, 2.45) is 0 Å². The fraction of sp³-hybridized carbons (Fsp3) is 0.435. The van der Waals surface area contributed by atoms with E-state index in [0.29, 0.717) is 41.8 Å². The average Bonchev–Trinajstić information content (AvgIpc) is 2.78. The van der Waals surface area contributed by atoms with E-state index < -0.39 is 23.8 Å². The van der Waals surface area contributed by atoms with Crippen LogP contribution in [0.1, 0.15) is 60.7 Å². The molecule has 4 rings (SSSR count). The number of methoxy groups -OCH3 is 1. The number of alkyl halides is 2. The predicted octanol–water partition coefficient (Wildman–Crippen LogP) is 5.49. The topological polar surface area (TPSA) is 69.2 Å². The summed E-state index contributed by atoms with van der Waals surface area (Å²) < 4.78 is 52.0. The number of aromatic nitrogens is 3. The third kappa shape index (κ3) is 4.34. The minimum Gasteiger partial charge on any atom is -0.481 e. The van der Waals surface area contributed by atoms with Crippen LogP contribution in [0.15, 0.2) is 24.3 Å². The van der Waals surface area contributed by atoms with Gasteiger partial charge in [0.2, 0.25) is 5.88 Å². The molecule has 3 heterocycles. The zero-order valence-corrected chi connectivity index (χ0v) is 18.2. The van der Waals surface area contributed by atoms with Gasteiger partial charge in [-0.15, -0.1) is 0 Å². The van der Waals surface area contributed by atoms with Crippen LogP contribution >= 0.6 is 0 Å². The number of hydrogen-bond acceptors (Lipinski definition) is 6. The van der Waals surface area contributed by atoms with Gasteiger partial charge in [0.15, 0.2) is 5.65 Å². The van der Waals surface area contributed by atoms with Crippen molar-refractivity contribution < 1.29 is 22.6 Å². The Morgan fingerprint density at radius 3 is 2.53 bits per heavy atom. The third-order valence-electron chi connectivity index (χ3n) is 5.76. The van der Waals surface area contributed by atoms with E-state index in [4.69, 9.17) is 9.47 Å². The Bertz CT molecular complexity index is 1120. The molecule has 32 heavy (non-hydrogen) atoms. The minimum absolute atomic E-state index is 0.137. The Hall–Kier alpha value is -2.94. The van der Waals surface area contributed by atoms with Gasteiger partial charge in [0.05, 0.1) is 24.1 Å². The first-order chi connectivity index (χ1) is 15.4. The second-order valence-corrected chi connectivity index (χ2v) is 7.88. The van der Waals surface area contributed by atoms with Crippen LogP contribution in [0.3, 0.4) is 0 Å². The largest absolute Gasteiger partial charge is 0.481 e. The van der Waals surface area contributed by atoms with Crippen LogP contribution in [-0.2, 0) is 4.74 Å². The number of hydrogen-bond donors (Lipinski definition) is 1. The van der Waals surface area contributed by atoms with Crippen molar-refractivity contribution in [3.8, 4) is 5.88 Å². The summed E-state index contributed by atoms with van der Waals surface area (Å²) in [5.74, 6) is 0.757. The SMILES string of the molecule is COc1nc2nc(C)nc(N[C@H](C)c3cccc(C(F)F)c3F)c2cc1C1CCOCC1.